The largest absolute Gasteiger partial charge is 0.497 e. The van der Waals surface area contributed by atoms with Crippen LogP contribution in [0.1, 0.15) is 22.0 Å². The van der Waals surface area contributed by atoms with Gasteiger partial charge in [-0.15, -0.1) is 0 Å². The molecule has 0 spiro atoms. The number of carbonyl (C=O) groups excluding carboxylic acids is 1. The van der Waals surface area contributed by atoms with Crippen molar-refractivity contribution >= 4 is 22.4 Å². The second-order valence-corrected chi connectivity index (χ2v) is 8.15. The standard InChI is InChI=1S/C27H27N3O2/c1-32-22-13-11-21(12-14-22)29-15-17-30(18-16-29)26(20-7-3-2-4-8-20)27(31)24-19-28-25-10-6-5-9-23(24)25/h2-14,19,26,28H,15-18H2,1H3/t26-/m1/s1. The molecule has 5 nitrogen and oxygen atoms in total. The van der Waals surface area contributed by atoms with Gasteiger partial charge in [0.1, 0.15) is 5.75 Å². The van der Waals surface area contributed by atoms with Gasteiger partial charge in [-0.2, -0.15) is 0 Å². The summed E-state index contributed by atoms with van der Waals surface area (Å²) in [6.45, 7) is 3.38. The quantitative estimate of drug-likeness (QED) is 0.446. The minimum atomic E-state index is -0.298. The number of anilines is 1. The molecule has 1 N–H and O–H groups in total. The Morgan fingerprint density at radius 1 is 0.875 bits per heavy atom. The summed E-state index contributed by atoms with van der Waals surface area (Å²) in [5, 5.41) is 0.982. The first-order valence-electron chi connectivity index (χ1n) is 11.0. The third kappa shape index (κ3) is 3.87. The molecule has 2 heterocycles. The molecule has 0 saturated carbocycles. The van der Waals surface area contributed by atoms with Crippen LogP contribution in [0.4, 0.5) is 5.69 Å². The first kappa shape index (κ1) is 20.3. The van der Waals surface area contributed by atoms with E-state index in [2.05, 4.69) is 39.0 Å². The summed E-state index contributed by atoms with van der Waals surface area (Å²) < 4.78 is 5.28. The second-order valence-electron chi connectivity index (χ2n) is 8.15. The molecule has 1 aliphatic heterocycles. The zero-order valence-corrected chi connectivity index (χ0v) is 18.2. The number of H-pyrrole nitrogens is 1. The Morgan fingerprint density at radius 3 is 2.28 bits per heavy atom. The maximum absolute atomic E-state index is 13.9. The summed E-state index contributed by atoms with van der Waals surface area (Å²) in [7, 11) is 1.68. The molecular formula is C27H27N3O2. The number of nitrogens with one attached hydrogen (secondary N) is 1. The number of para-hydroxylation sites is 1. The summed E-state index contributed by atoms with van der Waals surface area (Å²) in [6, 6.07) is 26.0. The van der Waals surface area contributed by atoms with Crippen LogP contribution in [0.25, 0.3) is 10.9 Å². The number of fused-ring (bicyclic) bond motifs is 1. The van der Waals surface area contributed by atoms with E-state index in [1.165, 1.54) is 5.69 Å². The van der Waals surface area contributed by atoms with Crippen molar-refractivity contribution in [3.63, 3.8) is 0 Å². The van der Waals surface area contributed by atoms with Crippen LogP contribution < -0.4 is 9.64 Å². The van der Waals surface area contributed by atoms with Gasteiger partial charge in [0.25, 0.3) is 0 Å². The highest BCUT2D eigenvalue weighted by atomic mass is 16.5. The van der Waals surface area contributed by atoms with E-state index in [0.29, 0.717) is 0 Å². The second kappa shape index (κ2) is 8.89. The Balaban J connectivity index is 1.40. The molecule has 1 saturated heterocycles. The van der Waals surface area contributed by atoms with Crippen LogP contribution in [0, 0.1) is 0 Å². The lowest BCUT2D eigenvalue weighted by molar-refractivity contribution is 0.0808. The van der Waals surface area contributed by atoms with Crippen LogP contribution in [0.3, 0.4) is 0 Å². The molecule has 1 atom stereocenters. The van der Waals surface area contributed by atoms with Crippen LogP contribution >= 0.6 is 0 Å². The fourth-order valence-electron chi connectivity index (χ4n) is 4.62. The maximum atomic E-state index is 13.9. The predicted molar refractivity (Wildman–Crippen MR) is 129 cm³/mol. The molecule has 4 aromatic rings. The van der Waals surface area contributed by atoms with E-state index < -0.39 is 0 Å². The Morgan fingerprint density at radius 2 is 1.56 bits per heavy atom. The van der Waals surface area contributed by atoms with Gasteiger partial charge in [-0.1, -0.05) is 48.5 Å². The van der Waals surface area contributed by atoms with E-state index in [1.807, 2.05) is 60.8 Å². The number of Topliss-reactive ketones (excluding diaryl/α,β-unsaturated/α-hetero) is 1. The first-order valence-corrected chi connectivity index (χ1v) is 11.0. The average Bonchev–Trinajstić information content (AvgIpc) is 3.30. The Kier molecular flexibility index (Phi) is 5.65. The number of aromatic amines is 1. The lowest BCUT2D eigenvalue weighted by Crippen LogP contribution is -2.49. The van der Waals surface area contributed by atoms with E-state index in [-0.39, 0.29) is 11.8 Å². The summed E-state index contributed by atoms with van der Waals surface area (Å²) in [4.78, 5) is 21.8. The highest BCUT2D eigenvalue weighted by Crippen LogP contribution is 2.30. The maximum Gasteiger partial charge on any atom is 0.186 e. The molecule has 5 rings (SSSR count). The number of hydrogen-bond acceptors (Lipinski definition) is 4. The van der Waals surface area contributed by atoms with Crippen molar-refractivity contribution in [2.24, 2.45) is 0 Å². The Hall–Kier alpha value is -3.57. The summed E-state index contributed by atoms with van der Waals surface area (Å²) in [5.41, 5.74) is 3.98. The lowest BCUT2D eigenvalue weighted by Gasteiger charge is -2.39. The Labute approximate surface area is 188 Å². The summed E-state index contributed by atoms with van der Waals surface area (Å²) in [6.07, 6.45) is 1.86. The zero-order valence-electron chi connectivity index (χ0n) is 18.2. The van der Waals surface area contributed by atoms with Crippen molar-refractivity contribution in [1.82, 2.24) is 9.88 Å². The van der Waals surface area contributed by atoms with Crippen LogP contribution in [-0.4, -0.2) is 49.0 Å². The van der Waals surface area contributed by atoms with E-state index in [9.17, 15) is 4.79 Å². The van der Waals surface area contributed by atoms with Crippen molar-refractivity contribution < 1.29 is 9.53 Å². The van der Waals surface area contributed by atoms with Crippen LogP contribution in [0.2, 0.25) is 0 Å². The van der Waals surface area contributed by atoms with Crippen molar-refractivity contribution in [2.45, 2.75) is 6.04 Å². The molecule has 1 fully saturated rings. The molecule has 32 heavy (non-hydrogen) atoms. The monoisotopic (exact) mass is 425 g/mol. The van der Waals surface area contributed by atoms with Gasteiger partial charge in [-0.05, 0) is 35.9 Å². The van der Waals surface area contributed by atoms with E-state index in [0.717, 1.165) is 54.0 Å². The van der Waals surface area contributed by atoms with Gasteiger partial charge in [0.05, 0.1) is 13.2 Å². The minimum absolute atomic E-state index is 0.145. The third-order valence-corrected chi connectivity index (χ3v) is 6.34. The van der Waals surface area contributed by atoms with Crippen molar-refractivity contribution in [3.8, 4) is 5.75 Å². The van der Waals surface area contributed by atoms with Crippen LogP contribution in [0.5, 0.6) is 5.75 Å². The molecular weight excluding hydrogens is 398 g/mol. The molecule has 1 aromatic heterocycles. The van der Waals surface area contributed by atoms with Crippen molar-refractivity contribution in [1.29, 1.82) is 0 Å². The molecule has 0 unspecified atom stereocenters. The molecule has 0 bridgehead atoms. The molecule has 1 aliphatic rings. The highest BCUT2D eigenvalue weighted by Gasteiger charge is 2.32. The van der Waals surface area contributed by atoms with Gasteiger partial charge >= 0.3 is 0 Å². The fraction of sp³-hybridized carbons (Fsp3) is 0.222. The normalized spacial score (nSPS) is 15.6. The lowest BCUT2D eigenvalue weighted by atomic mass is 9.95. The molecule has 162 valence electrons. The SMILES string of the molecule is COc1ccc(N2CCN([C@@H](C(=O)c3c[nH]c4ccccc34)c3ccccc3)CC2)cc1. The van der Waals surface area contributed by atoms with Gasteiger partial charge in [0.15, 0.2) is 5.78 Å². The number of ketones is 1. The van der Waals surface area contributed by atoms with Crippen LogP contribution in [0.15, 0.2) is 85.1 Å². The fourth-order valence-corrected chi connectivity index (χ4v) is 4.62. The Bertz CT molecular complexity index is 1190. The summed E-state index contributed by atoms with van der Waals surface area (Å²) >= 11 is 0. The smallest absolute Gasteiger partial charge is 0.186 e. The number of carbonyl (C=O) groups is 1. The number of piperazine rings is 1. The number of benzene rings is 3. The van der Waals surface area contributed by atoms with E-state index in [1.54, 1.807) is 7.11 Å². The highest BCUT2D eigenvalue weighted by molar-refractivity contribution is 6.10. The molecule has 0 radical (unpaired) electrons. The van der Waals surface area contributed by atoms with Gasteiger partial charge in [0, 0.05) is 54.5 Å². The molecule has 3 aromatic carbocycles. The predicted octanol–water partition coefficient (Wildman–Crippen LogP) is 4.92. The minimum Gasteiger partial charge on any atom is -0.497 e. The third-order valence-electron chi connectivity index (χ3n) is 6.34. The number of hydrogen-bond donors (Lipinski definition) is 1. The van der Waals surface area contributed by atoms with Gasteiger partial charge in [-0.3, -0.25) is 9.69 Å². The molecule has 0 amide bonds. The van der Waals surface area contributed by atoms with Crippen molar-refractivity contribution in [3.05, 3.63) is 96.2 Å². The number of rotatable bonds is 6. The van der Waals surface area contributed by atoms with Gasteiger partial charge in [0.2, 0.25) is 0 Å². The number of methoxy groups -OCH3 is 1. The van der Waals surface area contributed by atoms with E-state index >= 15 is 0 Å². The van der Waals surface area contributed by atoms with Gasteiger partial charge in [-0.25, -0.2) is 0 Å². The van der Waals surface area contributed by atoms with Crippen molar-refractivity contribution in [2.75, 3.05) is 38.2 Å². The molecule has 5 heteroatoms. The number of nitrogens with zero attached hydrogens (tertiary/aromatic N) is 2. The average molecular weight is 426 g/mol. The molecule has 0 aliphatic carbocycles. The zero-order chi connectivity index (χ0) is 21.9. The first-order chi connectivity index (χ1) is 15.7. The summed E-state index contributed by atoms with van der Waals surface area (Å²) in [5.74, 6) is 1.01. The number of aromatic nitrogens is 1. The number of ether oxygens (including phenoxy) is 1. The topological polar surface area (TPSA) is 48.6 Å². The van der Waals surface area contributed by atoms with Crippen LogP contribution in [-0.2, 0) is 0 Å². The van der Waals surface area contributed by atoms with Gasteiger partial charge < -0.3 is 14.6 Å². The van der Waals surface area contributed by atoms with E-state index in [4.69, 9.17) is 4.74 Å².